The summed E-state index contributed by atoms with van der Waals surface area (Å²) >= 11 is 3.56. The van der Waals surface area contributed by atoms with Crippen molar-refractivity contribution in [3.05, 3.63) is 53.0 Å². The normalized spacial score (nSPS) is 23.5. The Morgan fingerprint density at radius 3 is 2.58 bits per heavy atom. The molecule has 3 heterocycles. The summed E-state index contributed by atoms with van der Waals surface area (Å²) in [5.41, 5.74) is 2.21. The van der Waals surface area contributed by atoms with Crippen molar-refractivity contribution >= 4 is 27.4 Å². The van der Waals surface area contributed by atoms with Crippen LogP contribution in [0.25, 0.3) is 11.5 Å². The maximum absolute atomic E-state index is 5.56. The number of nitrogens with zero attached hydrogens (tertiary/aromatic N) is 4. The number of aryl methyl sites for hydroxylation is 1. The van der Waals surface area contributed by atoms with Crippen molar-refractivity contribution < 1.29 is 4.42 Å². The zero-order valence-corrected chi connectivity index (χ0v) is 20.6. The molecule has 0 amide bonds. The summed E-state index contributed by atoms with van der Waals surface area (Å²) in [6, 6.07) is 13.9. The second-order valence-corrected chi connectivity index (χ2v) is 10.0. The Balaban J connectivity index is 1.21. The van der Waals surface area contributed by atoms with Crippen molar-refractivity contribution in [3.63, 3.8) is 0 Å². The van der Waals surface area contributed by atoms with Crippen LogP contribution in [0.15, 0.2) is 51.5 Å². The van der Waals surface area contributed by atoms with Crippen molar-refractivity contribution in [1.82, 2.24) is 20.5 Å². The fourth-order valence-corrected chi connectivity index (χ4v) is 5.39. The van der Waals surface area contributed by atoms with Crippen LogP contribution in [-0.4, -0.2) is 46.4 Å². The average molecular weight is 511 g/mol. The molecule has 2 N–H and O–H groups in total. The van der Waals surface area contributed by atoms with Gasteiger partial charge in [-0.05, 0) is 62.1 Å². The van der Waals surface area contributed by atoms with Crippen molar-refractivity contribution in [1.29, 1.82) is 0 Å². The number of benzene rings is 1. The highest BCUT2D eigenvalue weighted by atomic mass is 79.9. The van der Waals surface area contributed by atoms with E-state index in [-0.39, 0.29) is 0 Å². The molecule has 3 atom stereocenters. The van der Waals surface area contributed by atoms with E-state index in [1.54, 1.807) is 0 Å². The molecule has 2 aromatic heterocycles. The van der Waals surface area contributed by atoms with Crippen LogP contribution in [0.4, 0.5) is 11.5 Å². The maximum atomic E-state index is 5.56. The minimum Gasteiger partial charge on any atom is -0.421 e. The summed E-state index contributed by atoms with van der Waals surface area (Å²) in [6.45, 7) is 3.93. The molecule has 1 aliphatic carbocycles. The summed E-state index contributed by atoms with van der Waals surface area (Å²) in [6.07, 6.45) is 9.21. The standard InChI is InChI=1S/C25H31BrN6O/c1-17-30-31-25(33-17)18-8-10-21(11-9-18)32-14-4-5-20(16-32)28-22-6-2-3-7-23(22)29-24-15-19(26)12-13-27-24/h8-13,15,20,22-23,28H,2-7,14,16H2,1H3,(H,27,29)/t20-,22+,23+/m0/s1. The first kappa shape index (κ1) is 22.3. The number of hydrogen-bond acceptors (Lipinski definition) is 7. The zero-order valence-electron chi connectivity index (χ0n) is 19.0. The lowest BCUT2D eigenvalue weighted by Gasteiger charge is -2.40. The van der Waals surface area contributed by atoms with E-state index in [4.69, 9.17) is 4.42 Å². The topological polar surface area (TPSA) is 79.1 Å². The van der Waals surface area contributed by atoms with E-state index < -0.39 is 0 Å². The summed E-state index contributed by atoms with van der Waals surface area (Å²) in [7, 11) is 0. The van der Waals surface area contributed by atoms with Crippen LogP contribution in [-0.2, 0) is 0 Å². The molecule has 1 aliphatic heterocycles. The molecule has 8 heteroatoms. The number of halogens is 1. The van der Waals surface area contributed by atoms with Crippen molar-refractivity contribution in [3.8, 4) is 11.5 Å². The molecule has 1 saturated heterocycles. The Hall–Kier alpha value is -2.45. The van der Waals surface area contributed by atoms with Gasteiger partial charge in [0.05, 0.1) is 0 Å². The van der Waals surface area contributed by atoms with Crippen molar-refractivity contribution in [2.75, 3.05) is 23.3 Å². The highest BCUT2D eigenvalue weighted by molar-refractivity contribution is 9.10. The van der Waals surface area contributed by atoms with Gasteiger partial charge in [0.2, 0.25) is 11.8 Å². The Labute approximate surface area is 203 Å². The predicted octanol–water partition coefficient (Wildman–Crippen LogP) is 5.18. The SMILES string of the molecule is Cc1nnc(-c2ccc(N3CCC[C@H](N[C@@H]4CCCC[C@H]4Nc4cc(Br)ccn4)C3)cc2)o1. The van der Waals surface area contributed by atoms with Crippen LogP contribution in [0, 0.1) is 6.92 Å². The van der Waals surface area contributed by atoms with E-state index in [1.165, 1.54) is 44.2 Å². The molecule has 1 aromatic carbocycles. The first-order valence-electron chi connectivity index (χ1n) is 11.9. The summed E-state index contributed by atoms with van der Waals surface area (Å²) in [4.78, 5) is 7.00. The molecule has 0 spiro atoms. The van der Waals surface area contributed by atoms with Crippen molar-refractivity contribution in [2.24, 2.45) is 0 Å². The van der Waals surface area contributed by atoms with Gasteiger partial charge < -0.3 is 20.0 Å². The molecule has 1 saturated carbocycles. The minimum absolute atomic E-state index is 0.410. The molecular weight excluding hydrogens is 480 g/mol. The highest BCUT2D eigenvalue weighted by Gasteiger charge is 2.29. The van der Waals surface area contributed by atoms with Crippen LogP contribution in [0.1, 0.15) is 44.4 Å². The largest absolute Gasteiger partial charge is 0.421 e. The van der Waals surface area contributed by atoms with Gasteiger partial charge in [-0.25, -0.2) is 4.98 Å². The third kappa shape index (κ3) is 5.55. The number of pyridine rings is 1. The van der Waals surface area contributed by atoms with Crippen LogP contribution < -0.4 is 15.5 Å². The van der Waals surface area contributed by atoms with E-state index in [0.29, 0.717) is 29.9 Å². The molecule has 0 radical (unpaired) electrons. The highest BCUT2D eigenvalue weighted by Crippen LogP contribution is 2.27. The predicted molar refractivity (Wildman–Crippen MR) is 134 cm³/mol. The first-order valence-corrected chi connectivity index (χ1v) is 12.7. The fraction of sp³-hybridized carbons (Fsp3) is 0.480. The number of hydrogen-bond donors (Lipinski definition) is 2. The second kappa shape index (κ2) is 10.2. The van der Waals surface area contributed by atoms with E-state index in [2.05, 4.69) is 77.0 Å². The van der Waals surface area contributed by atoms with Crippen LogP contribution in [0.5, 0.6) is 0 Å². The van der Waals surface area contributed by atoms with Gasteiger partial charge in [0.15, 0.2) is 0 Å². The van der Waals surface area contributed by atoms with E-state index in [0.717, 1.165) is 28.9 Å². The molecule has 5 rings (SSSR count). The van der Waals surface area contributed by atoms with Crippen molar-refractivity contribution in [2.45, 2.75) is 63.6 Å². The molecular formula is C25H31BrN6O. The Bertz CT molecular complexity index is 1060. The lowest BCUT2D eigenvalue weighted by atomic mass is 9.89. The maximum Gasteiger partial charge on any atom is 0.247 e. The lowest BCUT2D eigenvalue weighted by Crippen LogP contribution is -2.54. The van der Waals surface area contributed by atoms with Gasteiger partial charge in [-0.2, -0.15) is 0 Å². The Morgan fingerprint density at radius 1 is 1.00 bits per heavy atom. The molecule has 2 aliphatic rings. The second-order valence-electron chi connectivity index (χ2n) is 9.13. The van der Waals surface area contributed by atoms with Gasteiger partial charge in [-0.3, -0.25) is 0 Å². The smallest absolute Gasteiger partial charge is 0.247 e. The molecule has 3 aromatic rings. The number of rotatable bonds is 6. The number of nitrogens with one attached hydrogen (secondary N) is 2. The van der Waals surface area contributed by atoms with Crippen LogP contribution >= 0.6 is 15.9 Å². The van der Waals surface area contributed by atoms with Gasteiger partial charge >= 0.3 is 0 Å². The summed E-state index contributed by atoms with van der Waals surface area (Å²) in [5, 5.41) is 15.8. The van der Waals surface area contributed by atoms with Gasteiger partial charge in [0, 0.05) is 60.1 Å². The molecule has 0 unspecified atom stereocenters. The zero-order chi connectivity index (χ0) is 22.6. The quantitative estimate of drug-likeness (QED) is 0.472. The first-order chi connectivity index (χ1) is 16.1. The molecule has 2 fully saturated rings. The number of anilines is 2. The Kier molecular flexibility index (Phi) is 6.92. The molecule has 174 valence electrons. The third-order valence-corrected chi connectivity index (χ3v) is 7.19. The van der Waals surface area contributed by atoms with Crippen LogP contribution in [0.2, 0.25) is 0 Å². The van der Waals surface area contributed by atoms with Gasteiger partial charge in [0.25, 0.3) is 0 Å². The van der Waals surface area contributed by atoms with Crippen LogP contribution in [0.3, 0.4) is 0 Å². The minimum atomic E-state index is 0.410. The fourth-order valence-electron chi connectivity index (χ4n) is 5.06. The summed E-state index contributed by atoms with van der Waals surface area (Å²) < 4.78 is 6.62. The van der Waals surface area contributed by atoms with E-state index in [9.17, 15) is 0 Å². The Morgan fingerprint density at radius 2 is 1.82 bits per heavy atom. The third-order valence-electron chi connectivity index (χ3n) is 6.70. The average Bonchev–Trinajstić information content (AvgIpc) is 3.27. The lowest BCUT2D eigenvalue weighted by molar-refractivity contribution is 0.293. The number of piperidine rings is 1. The molecule has 7 nitrogen and oxygen atoms in total. The van der Waals surface area contributed by atoms with Gasteiger partial charge in [0.1, 0.15) is 5.82 Å². The number of aromatic nitrogens is 3. The summed E-state index contributed by atoms with van der Waals surface area (Å²) in [5.74, 6) is 2.11. The van der Waals surface area contributed by atoms with Gasteiger partial charge in [-0.15, -0.1) is 10.2 Å². The van der Waals surface area contributed by atoms with E-state index in [1.807, 2.05) is 19.2 Å². The van der Waals surface area contributed by atoms with E-state index >= 15 is 0 Å². The van der Waals surface area contributed by atoms with Gasteiger partial charge in [-0.1, -0.05) is 28.8 Å². The molecule has 0 bridgehead atoms. The molecule has 33 heavy (non-hydrogen) atoms. The monoisotopic (exact) mass is 510 g/mol.